The van der Waals surface area contributed by atoms with E-state index in [2.05, 4.69) is 31.9 Å². The Hall–Kier alpha value is -2.07. The van der Waals surface area contributed by atoms with Crippen molar-refractivity contribution in [3.05, 3.63) is 58.5 Å². The van der Waals surface area contributed by atoms with Crippen LogP contribution in [-0.4, -0.2) is 48.9 Å². The van der Waals surface area contributed by atoms with Gasteiger partial charge in [0.05, 0.1) is 12.5 Å². The van der Waals surface area contributed by atoms with Gasteiger partial charge in [-0.1, -0.05) is 6.07 Å². The molecule has 2 aromatic rings. The molecule has 4 nitrogen and oxygen atoms in total. The van der Waals surface area contributed by atoms with Gasteiger partial charge in [-0.05, 0) is 94.1 Å². The molecule has 0 radical (unpaired) electrons. The zero-order valence-electron chi connectivity index (χ0n) is 16.3. The van der Waals surface area contributed by atoms with E-state index in [0.29, 0.717) is 0 Å². The van der Waals surface area contributed by atoms with Gasteiger partial charge < -0.3 is 14.2 Å². The average Bonchev–Trinajstić information content (AvgIpc) is 3.13. The van der Waals surface area contributed by atoms with Crippen LogP contribution in [0.5, 0.6) is 0 Å². The molecule has 3 rings (SSSR count). The lowest BCUT2D eigenvalue weighted by Gasteiger charge is -2.30. The number of carbonyl (C=O) groups excluding carboxylic acids is 1. The Bertz CT molecular complexity index is 737. The van der Waals surface area contributed by atoms with Crippen LogP contribution in [0, 0.1) is 13.8 Å². The van der Waals surface area contributed by atoms with Gasteiger partial charge in [0.25, 0.3) is 5.91 Å². The van der Waals surface area contributed by atoms with Gasteiger partial charge in [0.15, 0.2) is 0 Å². The standard InChI is InChI=1S/C22H30N2O2/c1-17-7-8-21-20(18(17)2)9-14-24(22(21)25)13-5-12-23(3)11-4-6-19-10-15-26-16-19/h7-8,10,15-16H,4-6,9,11-14H2,1-3H3. The molecule has 0 saturated heterocycles. The second-order valence-electron chi connectivity index (χ2n) is 7.47. The van der Waals surface area contributed by atoms with E-state index in [1.54, 1.807) is 6.26 Å². The molecule has 1 amide bonds. The van der Waals surface area contributed by atoms with Crippen molar-refractivity contribution in [1.29, 1.82) is 0 Å². The molecule has 26 heavy (non-hydrogen) atoms. The van der Waals surface area contributed by atoms with Crippen molar-refractivity contribution in [1.82, 2.24) is 9.80 Å². The van der Waals surface area contributed by atoms with Gasteiger partial charge in [0, 0.05) is 18.7 Å². The van der Waals surface area contributed by atoms with Crippen molar-refractivity contribution >= 4 is 5.91 Å². The van der Waals surface area contributed by atoms with Crippen LogP contribution in [0.15, 0.2) is 35.1 Å². The second kappa shape index (κ2) is 8.54. The van der Waals surface area contributed by atoms with E-state index in [1.807, 2.05) is 23.3 Å². The molecule has 0 fully saturated rings. The van der Waals surface area contributed by atoms with Crippen molar-refractivity contribution in [2.24, 2.45) is 0 Å². The van der Waals surface area contributed by atoms with E-state index >= 15 is 0 Å². The van der Waals surface area contributed by atoms with E-state index in [1.165, 1.54) is 22.3 Å². The van der Waals surface area contributed by atoms with E-state index < -0.39 is 0 Å². The smallest absolute Gasteiger partial charge is 0.254 e. The molecule has 0 atom stereocenters. The predicted octanol–water partition coefficient (Wildman–Crippen LogP) is 3.85. The number of carbonyl (C=O) groups is 1. The monoisotopic (exact) mass is 354 g/mol. The summed E-state index contributed by atoms with van der Waals surface area (Å²) in [4.78, 5) is 17.1. The number of aryl methyl sites for hydroxylation is 2. The van der Waals surface area contributed by atoms with Gasteiger partial charge in [-0.25, -0.2) is 0 Å². The summed E-state index contributed by atoms with van der Waals surface area (Å²) < 4.78 is 5.10. The van der Waals surface area contributed by atoms with Crippen LogP contribution in [0.25, 0.3) is 0 Å². The Labute approximate surface area is 156 Å². The summed E-state index contributed by atoms with van der Waals surface area (Å²) in [7, 11) is 2.16. The summed E-state index contributed by atoms with van der Waals surface area (Å²) in [6.45, 7) is 8.04. The van der Waals surface area contributed by atoms with E-state index in [4.69, 9.17) is 4.42 Å². The molecule has 0 saturated carbocycles. The average molecular weight is 354 g/mol. The molecule has 1 aromatic carbocycles. The first kappa shape index (κ1) is 18.7. The van der Waals surface area contributed by atoms with Gasteiger partial charge in [-0.15, -0.1) is 0 Å². The third-order valence-electron chi connectivity index (χ3n) is 5.57. The molecule has 1 aliphatic heterocycles. The summed E-state index contributed by atoms with van der Waals surface area (Å²) in [5.74, 6) is 0.206. The summed E-state index contributed by atoms with van der Waals surface area (Å²) in [6, 6.07) is 6.11. The molecule has 4 heteroatoms. The first-order chi connectivity index (χ1) is 12.6. The Morgan fingerprint density at radius 2 is 1.96 bits per heavy atom. The lowest BCUT2D eigenvalue weighted by molar-refractivity contribution is 0.0733. The maximum absolute atomic E-state index is 12.8. The third kappa shape index (κ3) is 4.36. The number of amides is 1. The molecular formula is C22H30N2O2. The molecule has 1 aromatic heterocycles. The van der Waals surface area contributed by atoms with Crippen LogP contribution < -0.4 is 0 Å². The lowest BCUT2D eigenvalue weighted by atomic mass is 9.91. The number of hydrogen-bond acceptors (Lipinski definition) is 3. The van der Waals surface area contributed by atoms with Crippen molar-refractivity contribution < 1.29 is 9.21 Å². The molecule has 2 heterocycles. The van der Waals surface area contributed by atoms with E-state index in [9.17, 15) is 4.79 Å². The van der Waals surface area contributed by atoms with Gasteiger partial charge >= 0.3 is 0 Å². The van der Waals surface area contributed by atoms with Crippen LogP contribution >= 0.6 is 0 Å². The molecule has 140 valence electrons. The van der Waals surface area contributed by atoms with Crippen molar-refractivity contribution in [3.8, 4) is 0 Å². The van der Waals surface area contributed by atoms with Gasteiger partial charge in [0.2, 0.25) is 0 Å². The zero-order chi connectivity index (χ0) is 18.5. The molecule has 0 aliphatic carbocycles. The lowest BCUT2D eigenvalue weighted by Crippen LogP contribution is -2.39. The first-order valence-corrected chi connectivity index (χ1v) is 9.64. The van der Waals surface area contributed by atoms with Gasteiger partial charge in [-0.2, -0.15) is 0 Å². The highest BCUT2D eigenvalue weighted by atomic mass is 16.3. The van der Waals surface area contributed by atoms with Crippen LogP contribution in [0.3, 0.4) is 0 Å². The topological polar surface area (TPSA) is 36.7 Å². The molecule has 0 unspecified atom stereocenters. The molecule has 1 aliphatic rings. The summed E-state index contributed by atoms with van der Waals surface area (Å²) in [5, 5.41) is 0. The number of furan rings is 1. The fraction of sp³-hybridized carbons (Fsp3) is 0.500. The second-order valence-corrected chi connectivity index (χ2v) is 7.47. The van der Waals surface area contributed by atoms with Crippen molar-refractivity contribution in [3.63, 3.8) is 0 Å². The quantitative estimate of drug-likeness (QED) is 0.722. The minimum absolute atomic E-state index is 0.206. The predicted molar refractivity (Wildman–Crippen MR) is 105 cm³/mol. The summed E-state index contributed by atoms with van der Waals surface area (Å²) in [5.41, 5.74) is 5.99. The van der Waals surface area contributed by atoms with Crippen molar-refractivity contribution in [2.45, 2.75) is 39.5 Å². The van der Waals surface area contributed by atoms with E-state index in [0.717, 1.165) is 57.4 Å². The van der Waals surface area contributed by atoms with Crippen molar-refractivity contribution in [2.75, 3.05) is 33.2 Å². The highest BCUT2D eigenvalue weighted by molar-refractivity contribution is 5.97. The highest BCUT2D eigenvalue weighted by Gasteiger charge is 2.25. The maximum Gasteiger partial charge on any atom is 0.254 e. The molecular weight excluding hydrogens is 324 g/mol. The largest absolute Gasteiger partial charge is 0.472 e. The fourth-order valence-corrected chi connectivity index (χ4v) is 3.76. The first-order valence-electron chi connectivity index (χ1n) is 9.64. The van der Waals surface area contributed by atoms with Crippen LogP contribution in [0.1, 0.15) is 45.5 Å². The highest BCUT2D eigenvalue weighted by Crippen LogP contribution is 2.24. The fourth-order valence-electron chi connectivity index (χ4n) is 3.76. The number of benzene rings is 1. The number of rotatable bonds is 8. The summed E-state index contributed by atoms with van der Waals surface area (Å²) in [6.07, 6.45) is 7.74. The normalized spacial score (nSPS) is 14.2. The van der Waals surface area contributed by atoms with Crippen LogP contribution in [0.2, 0.25) is 0 Å². The Morgan fingerprint density at radius 1 is 1.15 bits per heavy atom. The van der Waals surface area contributed by atoms with Crippen LogP contribution in [0.4, 0.5) is 0 Å². The van der Waals surface area contributed by atoms with Gasteiger partial charge in [-0.3, -0.25) is 4.79 Å². The third-order valence-corrected chi connectivity index (χ3v) is 5.57. The molecule has 0 spiro atoms. The SMILES string of the molecule is Cc1ccc2c(c1C)CCN(CCCN(C)CCCc1ccoc1)C2=O. The number of fused-ring (bicyclic) bond motifs is 1. The summed E-state index contributed by atoms with van der Waals surface area (Å²) >= 11 is 0. The zero-order valence-corrected chi connectivity index (χ0v) is 16.3. The van der Waals surface area contributed by atoms with E-state index in [-0.39, 0.29) is 5.91 Å². The number of nitrogens with zero attached hydrogens (tertiary/aromatic N) is 2. The minimum Gasteiger partial charge on any atom is -0.472 e. The maximum atomic E-state index is 12.8. The Kier molecular flexibility index (Phi) is 6.15. The minimum atomic E-state index is 0.206. The van der Waals surface area contributed by atoms with Gasteiger partial charge in [0.1, 0.15) is 0 Å². The Morgan fingerprint density at radius 3 is 2.73 bits per heavy atom. The molecule has 0 bridgehead atoms. The molecule has 0 N–H and O–H groups in total. The Balaban J connectivity index is 1.42. The number of hydrogen-bond donors (Lipinski definition) is 0. The van der Waals surface area contributed by atoms with Crippen LogP contribution in [-0.2, 0) is 12.8 Å².